The first-order chi connectivity index (χ1) is 14.7. The summed E-state index contributed by atoms with van der Waals surface area (Å²) in [5.41, 5.74) is 0.482. The standard InChI is InChI=1S/C22H21N5O2S/c1-2-3-5-14-18-24-25-22(30-18)23-20(28)19-16-12-8-9-13-17(16)21(29)27(26-19)15-10-6-4-7-11-15/h4,6-13H,2-3,5,14H2,1H3,(H,23,25,28). The van der Waals surface area contributed by atoms with Gasteiger partial charge in [-0.15, -0.1) is 10.2 Å². The lowest BCUT2D eigenvalue weighted by Crippen LogP contribution is -2.26. The van der Waals surface area contributed by atoms with Crippen LogP contribution in [0.4, 0.5) is 5.13 Å². The molecule has 30 heavy (non-hydrogen) atoms. The van der Waals surface area contributed by atoms with Gasteiger partial charge in [0, 0.05) is 11.8 Å². The van der Waals surface area contributed by atoms with E-state index in [2.05, 4.69) is 27.5 Å². The highest BCUT2D eigenvalue weighted by molar-refractivity contribution is 7.15. The summed E-state index contributed by atoms with van der Waals surface area (Å²) < 4.78 is 1.26. The molecule has 4 aromatic rings. The maximum absolute atomic E-state index is 13.0. The summed E-state index contributed by atoms with van der Waals surface area (Å²) in [7, 11) is 0. The first-order valence-electron chi connectivity index (χ1n) is 9.88. The van der Waals surface area contributed by atoms with Crippen LogP contribution in [0.1, 0.15) is 41.7 Å². The third-order valence-corrected chi connectivity index (χ3v) is 5.60. The summed E-state index contributed by atoms with van der Waals surface area (Å²) in [5, 5.41) is 17.7. The largest absolute Gasteiger partial charge is 0.295 e. The Morgan fingerprint density at radius 1 is 1.00 bits per heavy atom. The molecule has 0 saturated heterocycles. The van der Waals surface area contributed by atoms with Crippen molar-refractivity contribution >= 4 is 33.1 Å². The number of nitrogens with zero attached hydrogens (tertiary/aromatic N) is 4. The van der Waals surface area contributed by atoms with Gasteiger partial charge in [0.05, 0.1) is 11.1 Å². The van der Waals surface area contributed by atoms with E-state index in [0.29, 0.717) is 21.6 Å². The van der Waals surface area contributed by atoms with Crippen molar-refractivity contribution in [1.29, 1.82) is 0 Å². The molecule has 0 aliphatic rings. The molecule has 2 aromatic heterocycles. The number of anilines is 1. The molecule has 1 amide bonds. The third kappa shape index (κ3) is 4.13. The zero-order valence-corrected chi connectivity index (χ0v) is 17.4. The van der Waals surface area contributed by atoms with E-state index in [9.17, 15) is 9.59 Å². The number of para-hydroxylation sites is 1. The Bertz CT molecular complexity index is 1230. The van der Waals surface area contributed by atoms with Crippen molar-refractivity contribution in [2.45, 2.75) is 32.6 Å². The van der Waals surface area contributed by atoms with E-state index in [1.165, 1.54) is 16.0 Å². The third-order valence-electron chi connectivity index (χ3n) is 4.70. The average Bonchev–Trinajstić information content (AvgIpc) is 3.22. The maximum Gasteiger partial charge on any atom is 0.279 e. The van der Waals surface area contributed by atoms with Gasteiger partial charge in [-0.1, -0.05) is 67.5 Å². The number of benzene rings is 2. The molecule has 0 saturated carbocycles. The molecule has 0 aliphatic carbocycles. The van der Waals surface area contributed by atoms with Gasteiger partial charge < -0.3 is 0 Å². The van der Waals surface area contributed by atoms with E-state index in [4.69, 9.17) is 0 Å². The minimum atomic E-state index is -0.424. The van der Waals surface area contributed by atoms with Gasteiger partial charge in [-0.3, -0.25) is 14.9 Å². The van der Waals surface area contributed by atoms with Crippen LogP contribution in [0.3, 0.4) is 0 Å². The van der Waals surface area contributed by atoms with Gasteiger partial charge >= 0.3 is 0 Å². The number of hydrogen-bond donors (Lipinski definition) is 1. The summed E-state index contributed by atoms with van der Waals surface area (Å²) in [5.74, 6) is -0.424. The molecule has 2 aromatic carbocycles. The minimum Gasteiger partial charge on any atom is -0.295 e. The van der Waals surface area contributed by atoms with Crippen LogP contribution in [-0.4, -0.2) is 25.9 Å². The second kappa shape index (κ2) is 8.96. The van der Waals surface area contributed by atoms with Gasteiger partial charge in [0.1, 0.15) is 5.01 Å². The SMILES string of the molecule is CCCCCc1nnc(NC(=O)c2nn(-c3ccccc3)c(=O)c3ccccc23)s1. The molecular formula is C22H21N5O2S. The number of amides is 1. The summed E-state index contributed by atoms with van der Waals surface area (Å²) in [6.07, 6.45) is 4.17. The predicted octanol–water partition coefficient (Wildman–Crippen LogP) is 4.22. The van der Waals surface area contributed by atoms with Crippen LogP contribution in [0.5, 0.6) is 0 Å². The smallest absolute Gasteiger partial charge is 0.279 e. The number of aromatic nitrogens is 4. The zero-order valence-electron chi connectivity index (χ0n) is 16.5. The maximum atomic E-state index is 13.0. The number of carbonyl (C=O) groups is 1. The van der Waals surface area contributed by atoms with Crippen LogP contribution < -0.4 is 10.9 Å². The van der Waals surface area contributed by atoms with Crippen LogP contribution in [0.2, 0.25) is 0 Å². The van der Waals surface area contributed by atoms with E-state index in [1.54, 1.807) is 36.4 Å². The Hall–Kier alpha value is -3.39. The minimum absolute atomic E-state index is 0.164. The number of fused-ring (bicyclic) bond motifs is 1. The summed E-state index contributed by atoms with van der Waals surface area (Å²) in [4.78, 5) is 26.0. The van der Waals surface area contributed by atoms with Crippen molar-refractivity contribution in [3.05, 3.63) is 75.7 Å². The molecule has 1 N–H and O–H groups in total. The molecule has 152 valence electrons. The molecule has 7 nitrogen and oxygen atoms in total. The van der Waals surface area contributed by atoms with Crippen LogP contribution >= 0.6 is 11.3 Å². The fraction of sp³-hybridized carbons (Fsp3) is 0.227. The zero-order chi connectivity index (χ0) is 20.9. The Kier molecular flexibility index (Phi) is 5.94. The number of rotatable bonds is 7. The Morgan fingerprint density at radius 3 is 2.50 bits per heavy atom. The monoisotopic (exact) mass is 419 g/mol. The molecule has 0 aliphatic heterocycles. The van der Waals surface area contributed by atoms with Crippen LogP contribution in [-0.2, 0) is 6.42 Å². The first-order valence-corrected chi connectivity index (χ1v) is 10.7. The molecule has 0 radical (unpaired) electrons. The van der Waals surface area contributed by atoms with E-state index in [-0.39, 0.29) is 11.3 Å². The molecule has 0 bridgehead atoms. The van der Waals surface area contributed by atoms with E-state index in [1.807, 2.05) is 18.2 Å². The average molecular weight is 420 g/mol. The molecule has 0 spiro atoms. The number of unbranched alkanes of at least 4 members (excludes halogenated alkanes) is 2. The van der Waals surface area contributed by atoms with Crippen molar-refractivity contribution in [1.82, 2.24) is 20.0 Å². The van der Waals surface area contributed by atoms with Crippen molar-refractivity contribution < 1.29 is 4.79 Å². The summed E-state index contributed by atoms with van der Waals surface area (Å²) >= 11 is 1.36. The highest BCUT2D eigenvalue weighted by Crippen LogP contribution is 2.20. The van der Waals surface area contributed by atoms with E-state index < -0.39 is 5.91 Å². The molecule has 0 unspecified atom stereocenters. The lowest BCUT2D eigenvalue weighted by atomic mass is 10.1. The van der Waals surface area contributed by atoms with Gasteiger partial charge in [-0.25, -0.2) is 0 Å². The number of carbonyl (C=O) groups excluding carboxylic acids is 1. The van der Waals surface area contributed by atoms with Gasteiger partial charge in [0.15, 0.2) is 5.69 Å². The van der Waals surface area contributed by atoms with E-state index >= 15 is 0 Å². The van der Waals surface area contributed by atoms with Gasteiger partial charge in [0.25, 0.3) is 11.5 Å². The Labute approximate surface area is 177 Å². The molecule has 0 atom stereocenters. The topological polar surface area (TPSA) is 89.8 Å². The fourth-order valence-electron chi connectivity index (χ4n) is 3.19. The van der Waals surface area contributed by atoms with E-state index in [0.717, 1.165) is 30.7 Å². The van der Waals surface area contributed by atoms with Crippen molar-refractivity contribution in [3.8, 4) is 5.69 Å². The highest BCUT2D eigenvalue weighted by Gasteiger charge is 2.19. The molecule has 2 heterocycles. The van der Waals surface area contributed by atoms with Gasteiger partial charge in [-0.2, -0.15) is 9.78 Å². The molecule has 0 fully saturated rings. The van der Waals surface area contributed by atoms with Crippen LogP contribution in [0.15, 0.2) is 59.4 Å². The summed E-state index contributed by atoms with van der Waals surface area (Å²) in [6, 6.07) is 16.0. The second-order valence-corrected chi connectivity index (χ2v) is 7.92. The number of aryl methyl sites for hydroxylation is 1. The predicted molar refractivity (Wildman–Crippen MR) is 118 cm³/mol. The Balaban J connectivity index is 1.69. The molecule has 8 heteroatoms. The van der Waals surface area contributed by atoms with Crippen molar-refractivity contribution in [2.75, 3.05) is 5.32 Å². The van der Waals surface area contributed by atoms with Crippen LogP contribution in [0.25, 0.3) is 16.5 Å². The number of hydrogen-bond acceptors (Lipinski definition) is 6. The second-order valence-electron chi connectivity index (χ2n) is 6.86. The van der Waals surface area contributed by atoms with Crippen molar-refractivity contribution in [3.63, 3.8) is 0 Å². The number of nitrogens with one attached hydrogen (secondary N) is 1. The fourth-order valence-corrected chi connectivity index (χ4v) is 3.97. The van der Waals surface area contributed by atoms with Crippen LogP contribution in [0, 0.1) is 0 Å². The molecule has 4 rings (SSSR count). The first kappa shape index (κ1) is 19.9. The Morgan fingerprint density at radius 2 is 1.73 bits per heavy atom. The van der Waals surface area contributed by atoms with Gasteiger partial charge in [0.2, 0.25) is 5.13 Å². The normalized spacial score (nSPS) is 11.0. The van der Waals surface area contributed by atoms with Crippen molar-refractivity contribution in [2.24, 2.45) is 0 Å². The summed E-state index contributed by atoms with van der Waals surface area (Å²) in [6.45, 7) is 2.15. The lowest BCUT2D eigenvalue weighted by molar-refractivity contribution is 0.102. The van der Waals surface area contributed by atoms with Gasteiger partial charge in [-0.05, 0) is 24.6 Å². The molecular weight excluding hydrogens is 398 g/mol. The quantitative estimate of drug-likeness (QED) is 0.453. The highest BCUT2D eigenvalue weighted by atomic mass is 32.1. The lowest BCUT2D eigenvalue weighted by Gasteiger charge is -2.10.